The number of aryl methyl sites for hydroxylation is 1. The number of rotatable bonds is 12. The fraction of sp³-hybridized carbons (Fsp3) is 0.286. The van der Waals surface area contributed by atoms with Gasteiger partial charge in [0.2, 0.25) is 21.8 Å². The van der Waals surface area contributed by atoms with Gasteiger partial charge in [-0.2, -0.15) is 0 Å². The van der Waals surface area contributed by atoms with Crippen molar-refractivity contribution >= 4 is 33.2 Å². The van der Waals surface area contributed by atoms with Gasteiger partial charge < -0.3 is 10.2 Å². The molecule has 0 aliphatic rings. The largest absolute Gasteiger partial charge is 0.355 e. The number of amides is 2. The Kier molecular flexibility index (Phi) is 9.94. The second-order valence-electron chi connectivity index (χ2n) is 9.21. The minimum atomic E-state index is -4.12. The highest BCUT2D eigenvalue weighted by Crippen LogP contribution is 2.28. The summed E-state index contributed by atoms with van der Waals surface area (Å²) in [7, 11) is -4.12. The van der Waals surface area contributed by atoms with Crippen molar-refractivity contribution in [3.8, 4) is 0 Å². The van der Waals surface area contributed by atoms with Crippen LogP contribution in [0.15, 0.2) is 72.8 Å². The average molecular weight is 571 g/mol. The summed E-state index contributed by atoms with van der Waals surface area (Å²) in [5.41, 5.74) is 0.854. The number of carbonyl (C=O) groups is 2. The number of sulfonamides is 1. The smallest absolute Gasteiger partial charge is 0.271 e. The van der Waals surface area contributed by atoms with Crippen LogP contribution < -0.4 is 9.62 Å². The lowest BCUT2D eigenvalue weighted by Crippen LogP contribution is -2.53. The maximum Gasteiger partial charge on any atom is 0.271 e. The topological polar surface area (TPSA) is 130 Å². The van der Waals surface area contributed by atoms with Crippen LogP contribution in [0.2, 0.25) is 0 Å². The van der Waals surface area contributed by atoms with E-state index < -0.39 is 45.2 Å². The predicted octanol–water partition coefficient (Wildman–Crippen LogP) is 3.58. The maximum atomic E-state index is 14.7. The molecule has 3 rings (SSSR count). The molecule has 2 amide bonds. The van der Waals surface area contributed by atoms with Crippen molar-refractivity contribution < 1.29 is 27.3 Å². The van der Waals surface area contributed by atoms with Gasteiger partial charge in [-0.05, 0) is 31.0 Å². The van der Waals surface area contributed by atoms with E-state index in [1.165, 1.54) is 30.3 Å². The molecule has 0 aliphatic heterocycles. The molecular formula is C28H31FN4O6S. The number of nitrogens with one attached hydrogen (secondary N) is 1. The number of benzene rings is 3. The number of hydrogen-bond donors (Lipinski definition) is 1. The Morgan fingerprint density at radius 1 is 1.05 bits per heavy atom. The van der Waals surface area contributed by atoms with Gasteiger partial charge in [-0.25, -0.2) is 12.8 Å². The van der Waals surface area contributed by atoms with Crippen LogP contribution in [-0.2, 0) is 32.6 Å². The summed E-state index contributed by atoms with van der Waals surface area (Å²) in [5, 5.41) is 14.1. The Labute approximate surface area is 232 Å². The van der Waals surface area contributed by atoms with Crippen molar-refractivity contribution in [1.82, 2.24) is 10.2 Å². The molecule has 0 bridgehead atoms. The first-order valence-corrected chi connectivity index (χ1v) is 14.3. The molecule has 1 atom stereocenters. The van der Waals surface area contributed by atoms with E-state index in [9.17, 15) is 32.5 Å². The van der Waals surface area contributed by atoms with Gasteiger partial charge in [-0.3, -0.25) is 24.0 Å². The molecule has 0 saturated heterocycles. The molecule has 0 radical (unpaired) electrons. The molecule has 12 heteroatoms. The zero-order valence-electron chi connectivity index (χ0n) is 22.4. The molecule has 0 aromatic heterocycles. The highest BCUT2D eigenvalue weighted by molar-refractivity contribution is 7.92. The Morgan fingerprint density at radius 2 is 1.70 bits per heavy atom. The lowest BCUT2D eigenvalue weighted by atomic mass is 10.0. The van der Waals surface area contributed by atoms with Crippen LogP contribution in [-0.4, -0.2) is 55.4 Å². The Bertz CT molecular complexity index is 1480. The molecular weight excluding hydrogens is 539 g/mol. The summed E-state index contributed by atoms with van der Waals surface area (Å²) in [6, 6.07) is 17.3. The average Bonchev–Trinajstić information content (AvgIpc) is 2.90. The Hall–Kier alpha value is -4.32. The molecule has 0 aliphatic carbocycles. The number of halogens is 1. The quantitative estimate of drug-likeness (QED) is 0.262. The van der Waals surface area contributed by atoms with Gasteiger partial charge in [0.25, 0.3) is 5.69 Å². The summed E-state index contributed by atoms with van der Waals surface area (Å²) >= 11 is 0. The number of non-ortho nitro benzene ring substituents is 1. The van der Waals surface area contributed by atoms with Crippen LogP contribution in [0, 0.1) is 22.9 Å². The van der Waals surface area contributed by atoms with Crippen LogP contribution in [0.5, 0.6) is 0 Å². The van der Waals surface area contributed by atoms with Crippen molar-refractivity contribution in [2.24, 2.45) is 0 Å². The molecule has 0 heterocycles. The first-order valence-electron chi connectivity index (χ1n) is 12.5. The second kappa shape index (κ2) is 13.2. The molecule has 212 valence electrons. The minimum Gasteiger partial charge on any atom is -0.355 e. The third-order valence-electron chi connectivity index (χ3n) is 6.27. The van der Waals surface area contributed by atoms with Gasteiger partial charge in [-0.1, -0.05) is 54.6 Å². The molecule has 0 saturated carbocycles. The van der Waals surface area contributed by atoms with Crippen molar-refractivity contribution in [2.75, 3.05) is 23.7 Å². The van der Waals surface area contributed by atoms with Gasteiger partial charge in [0.15, 0.2) is 0 Å². The van der Waals surface area contributed by atoms with Crippen molar-refractivity contribution in [3.63, 3.8) is 0 Å². The fourth-order valence-electron chi connectivity index (χ4n) is 4.23. The molecule has 40 heavy (non-hydrogen) atoms. The van der Waals surface area contributed by atoms with E-state index in [0.717, 1.165) is 27.1 Å². The standard InChI is InChI=1S/C28H31FN4O6S/c1-4-30-28(35)26(16-21-10-6-5-7-11-21)31(18-22-12-8-9-13-24(22)29)27(34)19-32(40(3,38)39)25-17-23(33(36)37)15-14-20(25)2/h5-15,17,26H,4,16,18-19H2,1-3H3,(H,30,35)/t26-/m0/s1. The fourth-order valence-corrected chi connectivity index (χ4v) is 5.13. The molecule has 3 aromatic rings. The van der Waals surface area contributed by atoms with Crippen LogP contribution in [0.1, 0.15) is 23.6 Å². The van der Waals surface area contributed by atoms with Gasteiger partial charge >= 0.3 is 0 Å². The Balaban J connectivity index is 2.10. The molecule has 1 N–H and O–H groups in total. The number of nitrogens with zero attached hydrogens (tertiary/aromatic N) is 3. The van der Waals surface area contributed by atoms with E-state index in [4.69, 9.17) is 0 Å². The normalized spacial score (nSPS) is 11.9. The number of nitro groups is 1. The van der Waals surface area contributed by atoms with Crippen molar-refractivity contribution in [2.45, 2.75) is 32.9 Å². The molecule has 0 spiro atoms. The number of nitro benzene ring substituents is 1. The predicted molar refractivity (Wildman–Crippen MR) is 150 cm³/mol. The SMILES string of the molecule is CCNC(=O)[C@H](Cc1ccccc1)N(Cc1ccccc1F)C(=O)CN(c1cc([N+](=O)[O-])ccc1C)S(C)(=O)=O. The van der Waals surface area contributed by atoms with Gasteiger partial charge in [0.1, 0.15) is 18.4 Å². The first-order chi connectivity index (χ1) is 18.9. The van der Waals surface area contributed by atoms with Crippen LogP contribution in [0.4, 0.5) is 15.8 Å². The molecule has 3 aromatic carbocycles. The number of likely N-dealkylation sites (N-methyl/N-ethyl adjacent to an activating group) is 1. The van der Waals surface area contributed by atoms with Crippen LogP contribution in [0.3, 0.4) is 0 Å². The molecule has 10 nitrogen and oxygen atoms in total. The number of carbonyl (C=O) groups excluding carboxylic acids is 2. The second-order valence-corrected chi connectivity index (χ2v) is 11.1. The third kappa shape index (κ3) is 7.63. The van der Waals surface area contributed by atoms with Crippen molar-refractivity contribution in [1.29, 1.82) is 0 Å². The van der Waals surface area contributed by atoms with E-state index >= 15 is 0 Å². The molecule has 0 fully saturated rings. The number of hydrogen-bond acceptors (Lipinski definition) is 6. The van der Waals surface area contributed by atoms with E-state index in [1.807, 2.05) is 0 Å². The van der Waals surface area contributed by atoms with Gasteiger partial charge in [0, 0.05) is 37.2 Å². The highest BCUT2D eigenvalue weighted by atomic mass is 32.2. The van der Waals surface area contributed by atoms with E-state index in [0.29, 0.717) is 5.56 Å². The minimum absolute atomic E-state index is 0.0477. The summed E-state index contributed by atoms with van der Waals surface area (Å²) in [6.07, 6.45) is 0.965. The summed E-state index contributed by atoms with van der Waals surface area (Å²) in [6.45, 7) is 2.47. The lowest BCUT2D eigenvalue weighted by Gasteiger charge is -2.33. The highest BCUT2D eigenvalue weighted by Gasteiger charge is 2.34. The van der Waals surface area contributed by atoms with Gasteiger partial charge in [-0.15, -0.1) is 0 Å². The molecule has 0 unspecified atom stereocenters. The third-order valence-corrected chi connectivity index (χ3v) is 7.40. The van der Waals surface area contributed by atoms with Crippen molar-refractivity contribution in [3.05, 3.63) is 105 Å². The summed E-state index contributed by atoms with van der Waals surface area (Å²) in [5.74, 6) is -1.87. The van der Waals surface area contributed by atoms with E-state index in [2.05, 4.69) is 5.32 Å². The van der Waals surface area contributed by atoms with Gasteiger partial charge in [0.05, 0.1) is 16.9 Å². The van der Waals surface area contributed by atoms with E-state index in [1.54, 1.807) is 50.2 Å². The zero-order valence-corrected chi connectivity index (χ0v) is 23.2. The van der Waals surface area contributed by atoms with Crippen LogP contribution >= 0.6 is 0 Å². The number of anilines is 1. The monoisotopic (exact) mass is 570 g/mol. The lowest BCUT2D eigenvalue weighted by molar-refractivity contribution is -0.384. The van der Waals surface area contributed by atoms with E-state index in [-0.39, 0.29) is 36.4 Å². The Morgan fingerprint density at radius 3 is 2.30 bits per heavy atom. The summed E-state index contributed by atoms with van der Waals surface area (Å²) in [4.78, 5) is 39.1. The zero-order chi connectivity index (χ0) is 29.4. The maximum absolute atomic E-state index is 14.7. The first kappa shape index (κ1) is 30.2. The summed E-state index contributed by atoms with van der Waals surface area (Å²) < 4.78 is 41.3. The van der Waals surface area contributed by atoms with Crippen LogP contribution in [0.25, 0.3) is 0 Å².